The first-order valence-electron chi connectivity index (χ1n) is 26.0. The summed E-state index contributed by atoms with van der Waals surface area (Å²) >= 11 is 0. The van der Waals surface area contributed by atoms with E-state index in [1.54, 1.807) is 0 Å². The summed E-state index contributed by atoms with van der Waals surface area (Å²) in [5.74, 6) is 1.62. The molecule has 0 saturated carbocycles. The molecule has 0 spiro atoms. The third kappa shape index (κ3) is 22.2. The Morgan fingerprint density at radius 2 is 0.633 bits per heavy atom. The van der Waals surface area contributed by atoms with Gasteiger partial charge in [0.15, 0.2) is 16.6 Å². The van der Waals surface area contributed by atoms with Crippen LogP contribution >= 0.6 is 0 Å². The third-order valence-electron chi connectivity index (χ3n) is 13.9. The lowest BCUT2D eigenvalue weighted by molar-refractivity contribution is 0.257. The van der Waals surface area contributed by atoms with Gasteiger partial charge in [-0.1, -0.05) is 212 Å². The van der Waals surface area contributed by atoms with Crippen molar-refractivity contribution in [1.82, 2.24) is 0 Å². The van der Waals surface area contributed by atoms with Crippen LogP contribution in [-0.2, 0) is 15.5 Å². The molecule has 0 aliphatic rings. The Kier molecular flexibility index (Phi) is 32.9. The Morgan fingerprint density at radius 1 is 0.367 bits per heavy atom. The molecule has 0 saturated heterocycles. The molecule has 60 heavy (non-hydrogen) atoms. The average molecular weight is 878 g/mol. The Hall–Kier alpha value is -0.866. The molecule has 0 radical (unpaired) electrons. The molecule has 354 valence electrons. The first-order valence-corrected chi connectivity index (χ1v) is 30.3. The summed E-state index contributed by atoms with van der Waals surface area (Å²) in [4.78, 5) is 0. The van der Waals surface area contributed by atoms with Crippen LogP contribution in [0.1, 0.15) is 243 Å². The van der Waals surface area contributed by atoms with Crippen molar-refractivity contribution in [2.75, 3.05) is 26.4 Å². The number of aliphatic hydroxyl groups excluding tert-OH is 1. The van der Waals surface area contributed by atoms with Gasteiger partial charge in [-0.3, -0.25) is 0 Å². The van der Waals surface area contributed by atoms with Crippen LogP contribution in [0.25, 0.3) is 0 Å². The molecular weight excluding hydrogens is 773 g/mol. The van der Waals surface area contributed by atoms with Gasteiger partial charge in [-0.05, 0) is 71.1 Å². The molecule has 0 heterocycles. The molecular formula is C53H104O5Si2. The van der Waals surface area contributed by atoms with Gasteiger partial charge >= 0.3 is 0 Å². The molecule has 0 aliphatic carbocycles. The zero-order chi connectivity index (χ0) is 44.7. The number of ether oxygens (including phenoxy) is 2. The van der Waals surface area contributed by atoms with E-state index in [0.717, 1.165) is 49.7 Å². The molecule has 1 aromatic carbocycles. The van der Waals surface area contributed by atoms with Gasteiger partial charge in [0.2, 0.25) is 0 Å². The predicted molar refractivity (Wildman–Crippen MR) is 268 cm³/mol. The van der Waals surface area contributed by atoms with E-state index in [-0.39, 0.29) is 6.61 Å². The van der Waals surface area contributed by atoms with Crippen molar-refractivity contribution in [2.45, 2.75) is 277 Å². The van der Waals surface area contributed by atoms with Gasteiger partial charge in [0.1, 0.15) is 11.5 Å². The first-order chi connectivity index (χ1) is 28.8. The van der Waals surface area contributed by atoms with Crippen molar-refractivity contribution in [2.24, 2.45) is 0 Å². The van der Waals surface area contributed by atoms with Crippen molar-refractivity contribution in [3.05, 3.63) is 23.8 Å². The van der Waals surface area contributed by atoms with E-state index < -0.39 is 16.6 Å². The summed E-state index contributed by atoms with van der Waals surface area (Å²) in [6, 6.07) is 5.90. The number of aliphatic hydroxyl groups is 1. The molecule has 0 aromatic heterocycles. The van der Waals surface area contributed by atoms with Gasteiger partial charge in [0.05, 0.1) is 19.8 Å². The maximum absolute atomic E-state index is 9.86. The minimum Gasteiger partial charge on any atom is -0.493 e. The van der Waals surface area contributed by atoms with E-state index in [9.17, 15) is 5.11 Å². The lowest BCUT2D eigenvalue weighted by atomic mass is 10.1. The van der Waals surface area contributed by atoms with Crippen molar-refractivity contribution in [3.8, 4) is 11.5 Å². The zero-order valence-electron chi connectivity index (χ0n) is 42.3. The van der Waals surface area contributed by atoms with Gasteiger partial charge in [-0.25, -0.2) is 0 Å². The molecule has 0 bridgehead atoms. The average Bonchev–Trinajstić information content (AvgIpc) is 3.19. The smallest absolute Gasteiger partial charge is 0.200 e. The number of rotatable bonds is 41. The zero-order valence-corrected chi connectivity index (χ0v) is 44.3. The van der Waals surface area contributed by atoms with Crippen LogP contribution in [0.15, 0.2) is 18.2 Å². The molecule has 0 aliphatic heterocycles. The topological polar surface area (TPSA) is 57.2 Å². The normalized spacial score (nSPS) is 12.7. The lowest BCUT2D eigenvalue weighted by Crippen LogP contribution is -2.47. The first kappa shape index (κ1) is 57.2. The van der Waals surface area contributed by atoms with Crippen LogP contribution in [0.4, 0.5) is 0 Å². The van der Waals surface area contributed by atoms with Gasteiger partial charge in [-0.15, -0.1) is 0 Å². The van der Waals surface area contributed by atoms with Crippen molar-refractivity contribution in [3.63, 3.8) is 0 Å². The Morgan fingerprint density at radius 3 is 0.917 bits per heavy atom. The SMILES string of the molecule is CC(C)[Si](OCCCCCCCCCCCCCCOc1ccc(CO)c(OCCCCCCCCCCCCCCO[Si](C(C)C)(C(C)C)C(C)C)c1)(C(C)C)C(C)C. The summed E-state index contributed by atoms with van der Waals surface area (Å²) in [6.07, 6.45) is 31.3. The predicted octanol–water partition coefficient (Wildman–Crippen LogP) is 17.7. The van der Waals surface area contributed by atoms with Crippen LogP contribution in [-0.4, -0.2) is 48.2 Å². The minimum atomic E-state index is -1.70. The summed E-state index contributed by atoms with van der Waals surface area (Å²) in [6.45, 7) is 32.0. The third-order valence-corrected chi connectivity index (χ3v) is 26.2. The summed E-state index contributed by atoms with van der Waals surface area (Å²) in [7, 11) is -3.39. The monoisotopic (exact) mass is 877 g/mol. The largest absolute Gasteiger partial charge is 0.493 e. The fourth-order valence-electron chi connectivity index (χ4n) is 10.7. The molecule has 1 aromatic rings. The molecule has 1 N–H and O–H groups in total. The molecule has 0 fully saturated rings. The second kappa shape index (κ2) is 34.5. The maximum Gasteiger partial charge on any atom is 0.200 e. The quantitative estimate of drug-likeness (QED) is 0.0525. The highest BCUT2D eigenvalue weighted by Crippen LogP contribution is 2.43. The van der Waals surface area contributed by atoms with Crippen LogP contribution in [0.5, 0.6) is 11.5 Å². The molecule has 0 amide bonds. The van der Waals surface area contributed by atoms with E-state index in [0.29, 0.717) is 39.9 Å². The highest BCUT2D eigenvalue weighted by atomic mass is 28.4. The van der Waals surface area contributed by atoms with Crippen molar-refractivity contribution < 1.29 is 23.4 Å². The fraction of sp³-hybridized carbons (Fsp3) is 0.887. The van der Waals surface area contributed by atoms with E-state index in [4.69, 9.17) is 18.3 Å². The lowest BCUT2D eigenvalue weighted by Gasteiger charge is -2.42. The second-order valence-corrected chi connectivity index (χ2v) is 31.4. The molecule has 0 unspecified atom stereocenters. The van der Waals surface area contributed by atoms with E-state index >= 15 is 0 Å². The van der Waals surface area contributed by atoms with E-state index in [2.05, 4.69) is 83.1 Å². The van der Waals surface area contributed by atoms with Gasteiger partial charge in [-0.2, -0.15) is 0 Å². The van der Waals surface area contributed by atoms with Gasteiger partial charge < -0.3 is 23.4 Å². The fourth-order valence-corrected chi connectivity index (χ4v) is 21.7. The van der Waals surface area contributed by atoms with Crippen LogP contribution in [0, 0.1) is 0 Å². The van der Waals surface area contributed by atoms with E-state index in [1.165, 1.54) is 141 Å². The Balaban J connectivity index is 2.03. The number of benzene rings is 1. The summed E-state index contributed by atoms with van der Waals surface area (Å²) in [5, 5.41) is 9.86. The van der Waals surface area contributed by atoms with Gasteiger partial charge in [0, 0.05) is 24.8 Å². The summed E-state index contributed by atoms with van der Waals surface area (Å²) in [5.41, 5.74) is 4.93. The van der Waals surface area contributed by atoms with Crippen LogP contribution < -0.4 is 9.47 Å². The van der Waals surface area contributed by atoms with Crippen molar-refractivity contribution in [1.29, 1.82) is 0 Å². The van der Waals surface area contributed by atoms with E-state index in [1.807, 2.05) is 18.2 Å². The van der Waals surface area contributed by atoms with Crippen LogP contribution in [0.3, 0.4) is 0 Å². The molecule has 7 heteroatoms. The van der Waals surface area contributed by atoms with Gasteiger partial charge in [0.25, 0.3) is 0 Å². The summed E-state index contributed by atoms with van der Waals surface area (Å²) < 4.78 is 25.7. The minimum absolute atomic E-state index is 0.00619. The number of hydrogen-bond donors (Lipinski definition) is 1. The number of unbranched alkanes of at least 4 members (excludes halogenated alkanes) is 22. The Labute approximate surface area is 377 Å². The van der Waals surface area contributed by atoms with Crippen molar-refractivity contribution >= 4 is 16.6 Å². The highest BCUT2D eigenvalue weighted by molar-refractivity contribution is 6.78. The second-order valence-electron chi connectivity index (χ2n) is 20.4. The van der Waals surface area contributed by atoms with Crippen LogP contribution in [0.2, 0.25) is 33.2 Å². The maximum atomic E-state index is 9.86. The highest BCUT2D eigenvalue weighted by Gasteiger charge is 2.45. The molecule has 0 atom stereocenters. The number of hydrogen-bond acceptors (Lipinski definition) is 5. The Bertz CT molecular complexity index is 1090. The standard InChI is InChI=1S/C53H104O5Si2/c1-45(2)59(46(3)4,47(5)6)57-41-35-31-27-23-19-15-13-17-21-25-29-33-39-55-52-38-37-51(44-54)53(43-52)56-40-34-30-26-22-18-14-16-20-24-28-32-36-42-58-60(48(7)8,49(9)10)50(11)12/h37-38,43,45-50,54H,13-36,39-42,44H2,1-12H3. The molecule has 1 rings (SSSR count). The molecule has 5 nitrogen and oxygen atoms in total.